The maximum atomic E-state index is 12.8. The number of rotatable bonds is 50. The van der Waals surface area contributed by atoms with Crippen molar-refractivity contribution in [2.24, 2.45) is 0 Å². The van der Waals surface area contributed by atoms with E-state index in [1.807, 2.05) is 0 Å². The van der Waals surface area contributed by atoms with Crippen LogP contribution < -0.4 is 0 Å². The molecule has 384 valence electrons. The van der Waals surface area contributed by atoms with Crippen LogP contribution in [0.3, 0.4) is 0 Å². The average molecular weight is 933 g/mol. The Bertz CT molecular complexity index is 1300. The molecule has 1 unspecified atom stereocenters. The number of hydrogen-bond acceptors (Lipinski definition) is 6. The number of unbranched alkanes of at least 4 members (excludes halogenated alkanes) is 25. The van der Waals surface area contributed by atoms with E-state index in [0.29, 0.717) is 19.3 Å². The lowest BCUT2D eigenvalue weighted by atomic mass is 10.0. The van der Waals surface area contributed by atoms with E-state index >= 15 is 0 Å². The normalized spacial score (nSPS) is 12.7. The molecule has 0 fully saturated rings. The van der Waals surface area contributed by atoms with Crippen LogP contribution in [-0.4, -0.2) is 37.2 Å². The Kier molecular flexibility index (Phi) is 52.4. The van der Waals surface area contributed by atoms with Crippen LogP contribution in [0.25, 0.3) is 0 Å². The summed E-state index contributed by atoms with van der Waals surface area (Å²) >= 11 is 0. The van der Waals surface area contributed by atoms with Crippen LogP contribution in [0.15, 0.2) is 85.1 Å². The predicted molar refractivity (Wildman–Crippen MR) is 288 cm³/mol. The maximum Gasteiger partial charge on any atom is 0.306 e. The summed E-state index contributed by atoms with van der Waals surface area (Å²) in [6.45, 7) is 6.49. The summed E-state index contributed by atoms with van der Waals surface area (Å²) < 4.78 is 16.8. The minimum atomic E-state index is -0.786. The van der Waals surface area contributed by atoms with Gasteiger partial charge in [0.25, 0.3) is 0 Å². The first kappa shape index (κ1) is 63.6. The van der Waals surface area contributed by atoms with Crippen molar-refractivity contribution in [2.45, 2.75) is 271 Å². The Morgan fingerprint density at radius 2 is 0.582 bits per heavy atom. The summed E-state index contributed by atoms with van der Waals surface area (Å²) in [5.41, 5.74) is 0. The zero-order valence-corrected chi connectivity index (χ0v) is 43.9. The minimum absolute atomic E-state index is 0.0843. The Hall–Kier alpha value is -3.41. The first-order valence-electron chi connectivity index (χ1n) is 28.1. The van der Waals surface area contributed by atoms with E-state index in [1.54, 1.807) is 0 Å². The van der Waals surface area contributed by atoms with Gasteiger partial charge in [0, 0.05) is 19.3 Å². The van der Waals surface area contributed by atoms with Gasteiger partial charge in [-0.3, -0.25) is 14.4 Å². The highest BCUT2D eigenvalue weighted by Gasteiger charge is 2.19. The van der Waals surface area contributed by atoms with Gasteiger partial charge < -0.3 is 14.2 Å². The number of allylic oxidation sites excluding steroid dienone is 14. The van der Waals surface area contributed by atoms with Gasteiger partial charge in [-0.05, 0) is 77.0 Å². The average Bonchev–Trinajstić information content (AvgIpc) is 3.33. The van der Waals surface area contributed by atoms with Gasteiger partial charge in [0.2, 0.25) is 0 Å². The fourth-order valence-corrected chi connectivity index (χ4v) is 7.72. The fraction of sp³-hybridized carbons (Fsp3) is 0.721. The van der Waals surface area contributed by atoms with Crippen LogP contribution >= 0.6 is 0 Å². The highest BCUT2D eigenvalue weighted by atomic mass is 16.6. The van der Waals surface area contributed by atoms with Gasteiger partial charge in [-0.25, -0.2) is 0 Å². The molecule has 0 spiro atoms. The topological polar surface area (TPSA) is 78.9 Å². The predicted octanol–water partition coefficient (Wildman–Crippen LogP) is 18.8. The zero-order chi connectivity index (χ0) is 48.6. The lowest BCUT2D eigenvalue weighted by Crippen LogP contribution is -2.30. The van der Waals surface area contributed by atoms with Gasteiger partial charge in [0.05, 0.1) is 0 Å². The second kappa shape index (κ2) is 55.2. The highest BCUT2D eigenvalue weighted by Crippen LogP contribution is 2.15. The van der Waals surface area contributed by atoms with Crippen molar-refractivity contribution in [3.05, 3.63) is 85.1 Å². The molecule has 0 aliphatic heterocycles. The molecule has 6 nitrogen and oxygen atoms in total. The van der Waals surface area contributed by atoms with Crippen LogP contribution in [-0.2, 0) is 28.6 Å². The molecule has 0 heterocycles. The second-order valence-electron chi connectivity index (χ2n) is 18.5. The highest BCUT2D eigenvalue weighted by molar-refractivity contribution is 5.71. The molecule has 0 aliphatic carbocycles. The van der Waals surface area contributed by atoms with E-state index in [1.165, 1.54) is 116 Å². The van der Waals surface area contributed by atoms with Crippen molar-refractivity contribution in [3.8, 4) is 0 Å². The SMILES string of the molecule is CC/C=C\C/C=C\C/C=C\C/C=C\C/C=C\C/C=C\C/C=C\CCCCCC(=O)OCC(COC(=O)CCCCCCCCCCC)OC(=O)CCCCCCCCCCCCCCCCC. The second-order valence-corrected chi connectivity index (χ2v) is 18.5. The van der Waals surface area contributed by atoms with Crippen molar-refractivity contribution >= 4 is 17.9 Å². The molecule has 0 radical (unpaired) electrons. The van der Waals surface area contributed by atoms with Gasteiger partial charge in [-0.15, -0.1) is 0 Å². The molecular weight excluding hydrogens is 829 g/mol. The van der Waals surface area contributed by atoms with Crippen LogP contribution in [0.1, 0.15) is 265 Å². The molecular formula is C61H104O6. The fourth-order valence-electron chi connectivity index (χ4n) is 7.72. The quantitative estimate of drug-likeness (QED) is 0.0262. The summed E-state index contributed by atoms with van der Waals surface area (Å²) in [5.74, 6) is -0.915. The largest absolute Gasteiger partial charge is 0.462 e. The molecule has 0 aromatic rings. The van der Waals surface area contributed by atoms with Gasteiger partial charge in [-0.2, -0.15) is 0 Å². The third-order valence-corrected chi connectivity index (χ3v) is 11.9. The maximum absolute atomic E-state index is 12.8. The van der Waals surface area contributed by atoms with Crippen molar-refractivity contribution in [2.75, 3.05) is 13.2 Å². The third-order valence-electron chi connectivity index (χ3n) is 11.9. The molecule has 67 heavy (non-hydrogen) atoms. The number of hydrogen-bond donors (Lipinski definition) is 0. The van der Waals surface area contributed by atoms with Crippen molar-refractivity contribution in [1.29, 1.82) is 0 Å². The third kappa shape index (κ3) is 53.4. The Morgan fingerprint density at radius 1 is 0.313 bits per heavy atom. The van der Waals surface area contributed by atoms with Crippen molar-refractivity contribution in [1.82, 2.24) is 0 Å². The summed E-state index contributed by atoms with van der Waals surface area (Å²) in [6.07, 6.45) is 71.5. The zero-order valence-electron chi connectivity index (χ0n) is 43.9. The molecule has 0 aliphatic rings. The summed E-state index contributed by atoms with van der Waals surface area (Å²) in [7, 11) is 0. The number of esters is 3. The molecule has 0 saturated heterocycles. The van der Waals surface area contributed by atoms with Crippen LogP contribution in [0.2, 0.25) is 0 Å². The van der Waals surface area contributed by atoms with Gasteiger partial charge >= 0.3 is 17.9 Å². The van der Waals surface area contributed by atoms with Crippen molar-refractivity contribution < 1.29 is 28.6 Å². The van der Waals surface area contributed by atoms with E-state index < -0.39 is 6.10 Å². The minimum Gasteiger partial charge on any atom is -0.462 e. The summed E-state index contributed by atoms with van der Waals surface area (Å²) in [4.78, 5) is 38.0. The lowest BCUT2D eigenvalue weighted by molar-refractivity contribution is -0.167. The van der Waals surface area contributed by atoms with Crippen LogP contribution in [0.4, 0.5) is 0 Å². The molecule has 0 aromatic carbocycles. The number of carbonyl (C=O) groups excluding carboxylic acids is 3. The number of carbonyl (C=O) groups is 3. The van der Waals surface area contributed by atoms with E-state index in [-0.39, 0.29) is 31.1 Å². The Balaban J connectivity index is 4.33. The number of ether oxygens (including phenoxy) is 3. The monoisotopic (exact) mass is 933 g/mol. The lowest BCUT2D eigenvalue weighted by Gasteiger charge is -2.18. The molecule has 0 saturated carbocycles. The van der Waals surface area contributed by atoms with E-state index in [2.05, 4.69) is 106 Å². The van der Waals surface area contributed by atoms with E-state index in [0.717, 1.165) is 109 Å². The van der Waals surface area contributed by atoms with Crippen molar-refractivity contribution in [3.63, 3.8) is 0 Å². The van der Waals surface area contributed by atoms with E-state index in [9.17, 15) is 14.4 Å². The van der Waals surface area contributed by atoms with Gasteiger partial charge in [0.15, 0.2) is 6.10 Å². The van der Waals surface area contributed by atoms with Gasteiger partial charge in [-0.1, -0.05) is 254 Å². The standard InChI is InChI=1S/C61H104O6/c1-4-7-10-13-16-19-21-23-25-26-27-28-29-30-31-32-33-34-36-37-39-42-45-48-51-54-60(63)66-57-58(56-65-59(62)53-50-47-44-41-18-15-12-9-6-3)67-61(64)55-52-49-46-43-40-38-35-24-22-20-17-14-11-8-5-2/h7,10,16,19,23,25,27-28,30-31,33-34,37,39,58H,4-6,8-9,11-15,17-18,20-22,24,26,29,32,35-36,38,40-57H2,1-3H3/b10-7-,19-16-,25-23-,28-27-,31-30-,34-33-,39-37-. The smallest absolute Gasteiger partial charge is 0.306 e. The first-order valence-corrected chi connectivity index (χ1v) is 28.1. The first-order chi connectivity index (χ1) is 33.0. The molecule has 0 aromatic heterocycles. The Morgan fingerprint density at radius 3 is 0.910 bits per heavy atom. The van der Waals surface area contributed by atoms with Crippen LogP contribution in [0.5, 0.6) is 0 Å². The van der Waals surface area contributed by atoms with E-state index in [4.69, 9.17) is 14.2 Å². The van der Waals surface area contributed by atoms with Crippen LogP contribution in [0, 0.1) is 0 Å². The molecule has 6 heteroatoms. The summed E-state index contributed by atoms with van der Waals surface area (Å²) in [5, 5.41) is 0. The summed E-state index contributed by atoms with van der Waals surface area (Å²) in [6, 6.07) is 0. The van der Waals surface area contributed by atoms with Gasteiger partial charge in [0.1, 0.15) is 13.2 Å². The molecule has 0 rings (SSSR count). The Labute approximate surface area is 414 Å². The molecule has 0 amide bonds. The molecule has 0 bridgehead atoms. The molecule has 0 N–H and O–H groups in total. The molecule has 1 atom stereocenters.